The van der Waals surface area contributed by atoms with Crippen molar-refractivity contribution >= 4 is 38.9 Å². The molecule has 1 aromatic rings. The van der Waals surface area contributed by atoms with Gasteiger partial charge in [0.25, 0.3) is 0 Å². The molecule has 0 fully saturated rings. The monoisotopic (exact) mass is 304 g/mol. The number of sulfonamides is 1. The van der Waals surface area contributed by atoms with E-state index in [9.17, 15) is 13.2 Å². The molecule has 1 unspecified atom stereocenters. The molecule has 0 aliphatic heterocycles. The second-order valence-electron chi connectivity index (χ2n) is 4.45. The molecule has 2 N–H and O–H groups in total. The molecule has 0 saturated carbocycles. The van der Waals surface area contributed by atoms with Crippen molar-refractivity contribution in [1.82, 2.24) is 0 Å². The van der Waals surface area contributed by atoms with Crippen LogP contribution in [0.1, 0.15) is 12.5 Å². The molecule has 7 heteroatoms. The van der Waals surface area contributed by atoms with Crippen molar-refractivity contribution in [2.45, 2.75) is 13.8 Å². The van der Waals surface area contributed by atoms with Crippen LogP contribution in [-0.4, -0.2) is 26.5 Å². The average Bonchev–Trinajstić information content (AvgIpc) is 2.30. The van der Waals surface area contributed by atoms with Crippen molar-refractivity contribution in [2.24, 2.45) is 5.92 Å². The third-order valence-electron chi connectivity index (χ3n) is 2.47. The van der Waals surface area contributed by atoms with Gasteiger partial charge in [-0.2, -0.15) is 0 Å². The molecule has 0 aromatic heterocycles. The molecule has 0 aliphatic carbocycles. The van der Waals surface area contributed by atoms with Gasteiger partial charge in [-0.05, 0) is 30.7 Å². The van der Waals surface area contributed by atoms with Crippen LogP contribution in [0.25, 0.3) is 0 Å². The Hall–Kier alpha value is -1.27. The molecule has 106 valence electrons. The molecule has 1 amide bonds. The number of alkyl halides is 1. The number of nitrogens with one attached hydrogen (secondary N) is 2. The van der Waals surface area contributed by atoms with Crippen LogP contribution in [0.3, 0.4) is 0 Å². The van der Waals surface area contributed by atoms with Crippen molar-refractivity contribution in [1.29, 1.82) is 0 Å². The van der Waals surface area contributed by atoms with E-state index >= 15 is 0 Å². The third kappa shape index (κ3) is 5.08. The minimum atomic E-state index is -3.31. The zero-order valence-corrected chi connectivity index (χ0v) is 12.6. The van der Waals surface area contributed by atoms with Gasteiger partial charge in [-0.1, -0.05) is 6.92 Å². The maximum Gasteiger partial charge on any atom is 0.229 e. The topological polar surface area (TPSA) is 75.3 Å². The lowest BCUT2D eigenvalue weighted by Crippen LogP contribution is -2.21. The van der Waals surface area contributed by atoms with Crippen LogP contribution in [-0.2, 0) is 14.8 Å². The van der Waals surface area contributed by atoms with Crippen LogP contribution in [0.2, 0.25) is 0 Å². The Kier molecular flexibility index (Phi) is 5.20. The predicted octanol–water partition coefficient (Wildman–Crippen LogP) is 2.18. The van der Waals surface area contributed by atoms with Crippen LogP contribution in [0.15, 0.2) is 18.2 Å². The lowest BCUT2D eigenvalue weighted by Gasteiger charge is -2.12. The Morgan fingerprint density at radius 1 is 1.42 bits per heavy atom. The summed E-state index contributed by atoms with van der Waals surface area (Å²) >= 11 is 5.60. The third-order valence-corrected chi connectivity index (χ3v) is 3.52. The van der Waals surface area contributed by atoms with Gasteiger partial charge in [-0.15, -0.1) is 11.6 Å². The van der Waals surface area contributed by atoms with Crippen molar-refractivity contribution in [2.75, 3.05) is 22.2 Å². The number of amides is 1. The van der Waals surface area contributed by atoms with Gasteiger partial charge in [0, 0.05) is 17.5 Å². The van der Waals surface area contributed by atoms with E-state index < -0.39 is 10.0 Å². The zero-order valence-electron chi connectivity index (χ0n) is 11.0. The number of benzene rings is 1. The highest BCUT2D eigenvalue weighted by atomic mass is 35.5. The quantitative estimate of drug-likeness (QED) is 0.819. The van der Waals surface area contributed by atoms with E-state index in [0.29, 0.717) is 11.4 Å². The summed E-state index contributed by atoms with van der Waals surface area (Å²) in [7, 11) is -3.31. The highest BCUT2D eigenvalue weighted by Gasteiger charge is 2.12. The summed E-state index contributed by atoms with van der Waals surface area (Å²) in [5, 5.41) is 2.72. The minimum Gasteiger partial charge on any atom is -0.326 e. The second-order valence-corrected chi connectivity index (χ2v) is 6.51. The summed E-state index contributed by atoms with van der Waals surface area (Å²) in [5.74, 6) is -0.201. The number of anilines is 2. The molecule has 0 heterocycles. The Balaban J connectivity index is 2.86. The molecule has 0 radical (unpaired) electrons. The lowest BCUT2D eigenvalue weighted by molar-refractivity contribution is -0.118. The SMILES string of the molecule is Cc1cc(NC(=O)C(C)CCl)ccc1NS(C)(=O)=O. The van der Waals surface area contributed by atoms with Crippen LogP contribution in [0, 0.1) is 12.8 Å². The molecule has 1 atom stereocenters. The molecule has 0 spiro atoms. The van der Waals surface area contributed by atoms with Crippen LogP contribution >= 0.6 is 11.6 Å². The maximum absolute atomic E-state index is 11.7. The van der Waals surface area contributed by atoms with E-state index in [1.165, 1.54) is 0 Å². The fourth-order valence-electron chi connectivity index (χ4n) is 1.39. The number of halogens is 1. The van der Waals surface area contributed by atoms with Crippen LogP contribution < -0.4 is 10.0 Å². The van der Waals surface area contributed by atoms with E-state index in [1.807, 2.05) is 0 Å². The second kappa shape index (κ2) is 6.25. The number of hydrogen-bond acceptors (Lipinski definition) is 3. The maximum atomic E-state index is 11.7. The first-order valence-corrected chi connectivity index (χ1v) is 8.11. The first-order valence-electron chi connectivity index (χ1n) is 5.68. The van der Waals surface area contributed by atoms with Gasteiger partial charge in [-0.3, -0.25) is 9.52 Å². The molecular weight excluding hydrogens is 288 g/mol. The number of aryl methyl sites for hydroxylation is 1. The average molecular weight is 305 g/mol. The van der Waals surface area contributed by atoms with Gasteiger partial charge >= 0.3 is 0 Å². The van der Waals surface area contributed by atoms with Crippen LogP contribution in [0.4, 0.5) is 11.4 Å². The lowest BCUT2D eigenvalue weighted by atomic mass is 10.1. The van der Waals surface area contributed by atoms with Gasteiger partial charge in [0.15, 0.2) is 0 Å². The largest absolute Gasteiger partial charge is 0.326 e. The molecule has 19 heavy (non-hydrogen) atoms. The van der Waals surface area contributed by atoms with Gasteiger partial charge in [0.1, 0.15) is 0 Å². The van der Waals surface area contributed by atoms with Crippen molar-refractivity contribution in [3.05, 3.63) is 23.8 Å². The molecule has 0 saturated heterocycles. The molecule has 5 nitrogen and oxygen atoms in total. The van der Waals surface area contributed by atoms with Crippen molar-refractivity contribution in [3.63, 3.8) is 0 Å². The van der Waals surface area contributed by atoms with Gasteiger partial charge in [-0.25, -0.2) is 8.42 Å². The summed E-state index contributed by atoms with van der Waals surface area (Å²) in [5.41, 5.74) is 1.83. The molecule has 0 bridgehead atoms. The van der Waals surface area contributed by atoms with Crippen molar-refractivity contribution < 1.29 is 13.2 Å². The summed E-state index contributed by atoms with van der Waals surface area (Å²) in [6, 6.07) is 4.95. The standard InChI is InChI=1S/C12H17ClN2O3S/c1-8-6-10(14-12(16)9(2)7-13)4-5-11(8)15-19(3,17)18/h4-6,9,15H,7H2,1-3H3,(H,14,16). The van der Waals surface area contributed by atoms with E-state index in [0.717, 1.165) is 11.8 Å². The molecule has 1 aromatic carbocycles. The highest BCUT2D eigenvalue weighted by molar-refractivity contribution is 7.92. The summed E-state index contributed by atoms with van der Waals surface area (Å²) < 4.78 is 24.7. The molecular formula is C12H17ClN2O3S. The van der Waals surface area contributed by atoms with Crippen molar-refractivity contribution in [3.8, 4) is 0 Å². The zero-order chi connectivity index (χ0) is 14.6. The Morgan fingerprint density at radius 3 is 2.53 bits per heavy atom. The summed E-state index contributed by atoms with van der Waals surface area (Å²) in [4.78, 5) is 11.7. The van der Waals surface area contributed by atoms with Crippen LogP contribution in [0.5, 0.6) is 0 Å². The molecule has 0 aliphatic rings. The Bertz CT molecular complexity index is 572. The normalized spacial score (nSPS) is 12.8. The fourth-order valence-corrected chi connectivity index (χ4v) is 2.16. The molecule has 1 rings (SSSR count). The highest BCUT2D eigenvalue weighted by Crippen LogP contribution is 2.21. The van der Waals surface area contributed by atoms with Gasteiger partial charge in [0.2, 0.25) is 15.9 Å². The number of carbonyl (C=O) groups is 1. The van der Waals surface area contributed by atoms with E-state index in [-0.39, 0.29) is 17.7 Å². The van der Waals surface area contributed by atoms with Gasteiger partial charge < -0.3 is 5.32 Å². The Morgan fingerprint density at radius 2 is 2.05 bits per heavy atom. The van der Waals surface area contributed by atoms with Gasteiger partial charge in [0.05, 0.1) is 11.9 Å². The van der Waals surface area contributed by atoms with E-state index in [1.54, 1.807) is 32.0 Å². The van der Waals surface area contributed by atoms with E-state index in [2.05, 4.69) is 10.0 Å². The fraction of sp³-hybridized carbons (Fsp3) is 0.417. The first kappa shape index (κ1) is 15.8. The first-order chi connectivity index (χ1) is 8.73. The summed E-state index contributed by atoms with van der Waals surface area (Å²) in [6.07, 6.45) is 1.09. The minimum absolute atomic E-state index is 0.168. The van der Waals surface area contributed by atoms with E-state index in [4.69, 9.17) is 11.6 Å². The smallest absolute Gasteiger partial charge is 0.229 e. The summed E-state index contributed by atoms with van der Waals surface area (Å²) in [6.45, 7) is 3.49. The predicted molar refractivity (Wildman–Crippen MR) is 78.2 cm³/mol. The number of hydrogen-bond donors (Lipinski definition) is 2. The number of carbonyl (C=O) groups excluding carboxylic acids is 1. The Labute approximate surface area is 118 Å². The number of rotatable bonds is 5.